The summed E-state index contributed by atoms with van der Waals surface area (Å²) in [6.07, 6.45) is 2.69. The van der Waals surface area contributed by atoms with Crippen molar-refractivity contribution in [3.8, 4) is 0 Å². The Balaban J connectivity index is 2.19. The predicted molar refractivity (Wildman–Crippen MR) is 75.0 cm³/mol. The van der Waals surface area contributed by atoms with E-state index in [1.807, 2.05) is 19.1 Å². The molecule has 0 bridgehead atoms. The zero-order chi connectivity index (χ0) is 14.6. The van der Waals surface area contributed by atoms with Crippen LogP contribution in [0.4, 0.5) is 5.69 Å². The highest BCUT2D eigenvalue weighted by Crippen LogP contribution is 2.18. The fourth-order valence-electron chi connectivity index (χ4n) is 1.66. The molecule has 0 spiro atoms. The molecule has 2 aromatic rings. The molecule has 0 atom stereocenters. The molecule has 0 aliphatic heterocycles. The Labute approximate surface area is 117 Å². The van der Waals surface area contributed by atoms with Gasteiger partial charge in [-0.1, -0.05) is 6.07 Å². The van der Waals surface area contributed by atoms with Gasteiger partial charge < -0.3 is 5.43 Å². The monoisotopic (exact) mass is 293 g/mol. The number of anilines is 1. The van der Waals surface area contributed by atoms with Crippen LogP contribution in [0.25, 0.3) is 0 Å². The summed E-state index contributed by atoms with van der Waals surface area (Å²) in [6.45, 7) is 1.94. The number of nitrogens with two attached hydrogens (primary N) is 1. The van der Waals surface area contributed by atoms with Gasteiger partial charge in [-0.05, 0) is 25.1 Å². The third kappa shape index (κ3) is 3.29. The molecular formula is C12H15N5O2S. The van der Waals surface area contributed by atoms with Crippen molar-refractivity contribution in [2.45, 2.75) is 18.4 Å². The molecular weight excluding hydrogens is 278 g/mol. The van der Waals surface area contributed by atoms with Crippen LogP contribution in [0.15, 0.2) is 41.6 Å². The van der Waals surface area contributed by atoms with Crippen molar-refractivity contribution in [3.63, 3.8) is 0 Å². The fourth-order valence-corrected chi connectivity index (χ4v) is 2.77. The van der Waals surface area contributed by atoms with Crippen LogP contribution in [0, 0.1) is 6.92 Å². The number of hydrogen-bond donors (Lipinski definition) is 3. The highest BCUT2D eigenvalue weighted by atomic mass is 32.2. The van der Waals surface area contributed by atoms with Crippen LogP contribution in [-0.2, 0) is 16.6 Å². The number of aromatic nitrogens is 2. The second-order valence-electron chi connectivity index (χ2n) is 4.11. The van der Waals surface area contributed by atoms with Crippen molar-refractivity contribution in [2.75, 3.05) is 5.43 Å². The number of aryl methyl sites for hydroxylation is 1. The summed E-state index contributed by atoms with van der Waals surface area (Å²) >= 11 is 0. The SMILES string of the molecule is Cc1cccc(CNS(=O)(=O)c2cnccc2NN)n1. The van der Waals surface area contributed by atoms with E-state index in [0.29, 0.717) is 5.69 Å². The molecule has 0 saturated heterocycles. The first-order valence-electron chi connectivity index (χ1n) is 5.86. The van der Waals surface area contributed by atoms with Crippen molar-refractivity contribution in [3.05, 3.63) is 48.0 Å². The standard InChI is InChI=1S/C12H15N5O2S/c1-9-3-2-4-10(16-9)7-15-20(18,19)12-8-14-6-5-11(12)17-13/h2-6,8,15H,7,13H2,1H3,(H,14,17). The summed E-state index contributed by atoms with van der Waals surface area (Å²) < 4.78 is 26.9. The molecule has 2 rings (SSSR count). The predicted octanol–water partition coefficient (Wildman–Crippen LogP) is 0.549. The van der Waals surface area contributed by atoms with Gasteiger partial charge in [-0.25, -0.2) is 13.1 Å². The van der Waals surface area contributed by atoms with Crippen molar-refractivity contribution in [1.29, 1.82) is 0 Å². The van der Waals surface area contributed by atoms with Crippen LogP contribution in [-0.4, -0.2) is 18.4 Å². The van der Waals surface area contributed by atoms with Crippen LogP contribution in [0.3, 0.4) is 0 Å². The first kappa shape index (κ1) is 14.4. The molecule has 0 unspecified atom stereocenters. The minimum absolute atomic E-state index is 0.00449. The molecule has 0 fully saturated rings. The highest BCUT2D eigenvalue weighted by Gasteiger charge is 2.18. The van der Waals surface area contributed by atoms with E-state index in [9.17, 15) is 8.42 Å². The highest BCUT2D eigenvalue weighted by molar-refractivity contribution is 7.89. The molecule has 0 aliphatic rings. The van der Waals surface area contributed by atoms with Crippen LogP contribution >= 0.6 is 0 Å². The zero-order valence-corrected chi connectivity index (χ0v) is 11.7. The van der Waals surface area contributed by atoms with E-state index in [4.69, 9.17) is 5.84 Å². The number of pyridine rings is 2. The fraction of sp³-hybridized carbons (Fsp3) is 0.167. The Morgan fingerprint density at radius 1 is 1.30 bits per heavy atom. The summed E-state index contributed by atoms with van der Waals surface area (Å²) in [4.78, 5) is 8.02. The number of nitrogens with zero attached hydrogens (tertiary/aromatic N) is 2. The van der Waals surface area contributed by atoms with Crippen LogP contribution in [0.1, 0.15) is 11.4 Å². The number of sulfonamides is 1. The smallest absolute Gasteiger partial charge is 0.244 e. The molecule has 2 aromatic heterocycles. The molecule has 7 nitrogen and oxygen atoms in total. The lowest BCUT2D eigenvalue weighted by Crippen LogP contribution is -2.25. The Morgan fingerprint density at radius 2 is 2.10 bits per heavy atom. The number of nitrogens with one attached hydrogen (secondary N) is 2. The Bertz CT molecular complexity index is 702. The maximum absolute atomic E-state index is 12.2. The maximum atomic E-state index is 12.2. The minimum Gasteiger partial charge on any atom is -0.323 e. The summed E-state index contributed by atoms with van der Waals surface area (Å²) in [5, 5.41) is 0. The van der Waals surface area contributed by atoms with E-state index < -0.39 is 10.0 Å². The van der Waals surface area contributed by atoms with Crippen molar-refractivity contribution in [1.82, 2.24) is 14.7 Å². The summed E-state index contributed by atoms with van der Waals surface area (Å²) in [5.41, 5.74) is 4.08. The number of hydrogen-bond acceptors (Lipinski definition) is 6. The van der Waals surface area contributed by atoms with Gasteiger partial charge in [0.1, 0.15) is 4.90 Å². The maximum Gasteiger partial charge on any atom is 0.244 e. The Hall–Kier alpha value is -2.03. The van der Waals surface area contributed by atoms with E-state index in [2.05, 4.69) is 20.1 Å². The number of rotatable bonds is 5. The molecule has 4 N–H and O–H groups in total. The van der Waals surface area contributed by atoms with Gasteiger partial charge in [-0.2, -0.15) is 0 Å². The van der Waals surface area contributed by atoms with Crippen molar-refractivity contribution in [2.24, 2.45) is 5.84 Å². The largest absolute Gasteiger partial charge is 0.323 e. The lowest BCUT2D eigenvalue weighted by Gasteiger charge is -2.10. The molecule has 0 aromatic carbocycles. The van der Waals surface area contributed by atoms with E-state index in [1.54, 1.807) is 6.07 Å². The van der Waals surface area contributed by atoms with Gasteiger partial charge in [-0.15, -0.1) is 0 Å². The Kier molecular flexibility index (Phi) is 4.28. The van der Waals surface area contributed by atoms with Gasteiger partial charge in [0.05, 0.1) is 17.9 Å². The van der Waals surface area contributed by atoms with Gasteiger partial charge in [0.25, 0.3) is 0 Å². The third-order valence-corrected chi connectivity index (χ3v) is 4.05. The van der Waals surface area contributed by atoms with Gasteiger partial charge >= 0.3 is 0 Å². The molecule has 106 valence electrons. The molecule has 8 heteroatoms. The molecule has 0 amide bonds. The summed E-state index contributed by atoms with van der Waals surface area (Å²) in [5.74, 6) is 5.29. The second kappa shape index (κ2) is 5.95. The van der Waals surface area contributed by atoms with Gasteiger partial charge in [0.15, 0.2) is 0 Å². The normalized spacial score (nSPS) is 11.3. The lowest BCUT2D eigenvalue weighted by atomic mass is 10.3. The molecule has 0 radical (unpaired) electrons. The van der Waals surface area contributed by atoms with E-state index in [1.165, 1.54) is 18.5 Å². The Morgan fingerprint density at radius 3 is 2.80 bits per heavy atom. The average molecular weight is 293 g/mol. The zero-order valence-electron chi connectivity index (χ0n) is 10.9. The minimum atomic E-state index is -3.71. The second-order valence-corrected chi connectivity index (χ2v) is 5.85. The third-order valence-electron chi connectivity index (χ3n) is 2.62. The van der Waals surface area contributed by atoms with E-state index in [0.717, 1.165) is 5.69 Å². The van der Waals surface area contributed by atoms with Crippen LogP contribution in [0.2, 0.25) is 0 Å². The molecule has 0 aliphatic carbocycles. The van der Waals surface area contributed by atoms with E-state index in [-0.39, 0.29) is 17.1 Å². The topological polar surface area (TPSA) is 110 Å². The summed E-state index contributed by atoms with van der Waals surface area (Å²) in [6, 6.07) is 6.90. The van der Waals surface area contributed by atoms with Crippen LogP contribution in [0.5, 0.6) is 0 Å². The van der Waals surface area contributed by atoms with Crippen LogP contribution < -0.4 is 16.0 Å². The van der Waals surface area contributed by atoms with Crippen molar-refractivity contribution >= 4 is 15.7 Å². The first-order valence-corrected chi connectivity index (χ1v) is 7.34. The average Bonchev–Trinajstić information content (AvgIpc) is 2.45. The van der Waals surface area contributed by atoms with Gasteiger partial charge in [-0.3, -0.25) is 15.8 Å². The number of hydrazine groups is 1. The summed E-state index contributed by atoms with van der Waals surface area (Å²) in [7, 11) is -3.71. The molecule has 2 heterocycles. The molecule has 0 saturated carbocycles. The van der Waals surface area contributed by atoms with Gasteiger partial charge in [0.2, 0.25) is 10.0 Å². The lowest BCUT2D eigenvalue weighted by molar-refractivity contribution is 0.580. The number of nitrogen functional groups attached to an aromatic ring is 1. The molecule has 20 heavy (non-hydrogen) atoms. The van der Waals surface area contributed by atoms with Crippen molar-refractivity contribution < 1.29 is 8.42 Å². The van der Waals surface area contributed by atoms with E-state index >= 15 is 0 Å². The van der Waals surface area contributed by atoms with Gasteiger partial charge in [0, 0.05) is 18.1 Å². The quantitative estimate of drug-likeness (QED) is 0.548. The first-order chi connectivity index (χ1) is 9.53.